The lowest BCUT2D eigenvalue weighted by molar-refractivity contribution is -0.115. The molecule has 1 N–H and O–H groups in total. The van der Waals surface area contributed by atoms with Gasteiger partial charge in [-0.05, 0) is 58.7 Å². The SMILES string of the molecule is CCC(=O)C1=C(c2ccc(I)cc2)CC2CC(O)C1S2. The molecule has 0 saturated carbocycles. The lowest BCUT2D eigenvalue weighted by Gasteiger charge is -2.26. The second kappa shape index (κ2) is 5.81. The van der Waals surface area contributed by atoms with E-state index in [2.05, 4.69) is 46.9 Å². The van der Waals surface area contributed by atoms with Crippen molar-refractivity contribution in [2.24, 2.45) is 0 Å². The molecule has 2 nitrogen and oxygen atoms in total. The van der Waals surface area contributed by atoms with Crippen LogP contribution in [0.3, 0.4) is 0 Å². The van der Waals surface area contributed by atoms with Crippen molar-refractivity contribution in [3.05, 3.63) is 39.0 Å². The summed E-state index contributed by atoms with van der Waals surface area (Å²) in [5.74, 6) is 0.190. The highest BCUT2D eigenvalue weighted by Crippen LogP contribution is 2.49. The van der Waals surface area contributed by atoms with Crippen molar-refractivity contribution in [3.8, 4) is 0 Å². The van der Waals surface area contributed by atoms with E-state index in [4.69, 9.17) is 0 Å². The van der Waals surface area contributed by atoms with E-state index in [9.17, 15) is 9.90 Å². The number of aliphatic hydroxyl groups excluding tert-OH is 1. The van der Waals surface area contributed by atoms with Crippen LogP contribution in [0.4, 0.5) is 0 Å². The Balaban J connectivity index is 2.09. The predicted molar refractivity (Wildman–Crippen MR) is 91.8 cm³/mol. The third-order valence-electron chi connectivity index (χ3n) is 4.05. The minimum Gasteiger partial charge on any atom is -0.392 e. The van der Waals surface area contributed by atoms with E-state index in [1.54, 1.807) is 11.8 Å². The van der Waals surface area contributed by atoms with E-state index in [1.807, 2.05) is 6.92 Å². The first-order valence-electron chi connectivity index (χ1n) is 6.96. The molecule has 2 aliphatic heterocycles. The molecule has 3 atom stereocenters. The summed E-state index contributed by atoms with van der Waals surface area (Å²) in [4.78, 5) is 12.4. The highest BCUT2D eigenvalue weighted by Gasteiger charge is 2.43. The van der Waals surface area contributed by atoms with Crippen LogP contribution in [0, 0.1) is 3.57 Å². The monoisotopic (exact) mass is 400 g/mol. The second-order valence-corrected chi connectivity index (χ2v) is 8.05. The zero-order chi connectivity index (χ0) is 14.3. The quantitative estimate of drug-likeness (QED) is 0.787. The number of benzene rings is 1. The van der Waals surface area contributed by atoms with Gasteiger partial charge in [0.2, 0.25) is 0 Å². The molecule has 3 unspecified atom stereocenters. The number of thioether (sulfide) groups is 1. The van der Waals surface area contributed by atoms with Gasteiger partial charge in [0.05, 0.1) is 11.4 Å². The van der Waals surface area contributed by atoms with Crippen LogP contribution >= 0.6 is 34.4 Å². The number of fused-ring (bicyclic) bond motifs is 2. The van der Waals surface area contributed by atoms with Gasteiger partial charge in [0.25, 0.3) is 0 Å². The summed E-state index contributed by atoms with van der Waals surface area (Å²) in [5.41, 5.74) is 3.19. The molecule has 1 fully saturated rings. The van der Waals surface area contributed by atoms with Gasteiger partial charge in [-0.2, -0.15) is 0 Å². The predicted octanol–water partition coefficient (Wildman–Crippen LogP) is 3.66. The van der Waals surface area contributed by atoms with Gasteiger partial charge in [0.15, 0.2) is 5.78 Å². The van der Waals surface area contributed by atoms with Gasteiger partial charge in [-0.1, -0.05) is 19.1 Å². The van der Waals surface area contributed by atoms with Gasteiger partial charge in [0, 0.05) is 20.8 Å². The van der Waals surface area contributed by atoms with Crippen LogP contribution in [0.15, 0.2) is 29.8 Å². The lowest BCUT2D eigenvalue weighted by Crippen LogP contribution is -2.25. The molecule has 106 valence electrons. The summed E-state index contributed by atoms with van der Waals surface area (Å²) in [6.45, 7) is 1.90. The number of hydrogen-bond donors (Lipinski definition) is 1. The van der Waals surface area contributed by atoms with Crippen LogP contribution in [-0.2, 0) is 4.79 Å². The summed E-state index contributed by atoms with van der Waals surface area (Å²) in [7, 11) is 0. The molecule has 1 aromatic carbocycles. The molecule has 4 heteroatoms. The largest absolute Gasteiger partial charge is 0.392 e. The third-order valence-corrected chi connectivity index (χ3v) is 6.35. The van der Waals surface area contributed by atoms with Crippen LogP contribution in [0.25, 0.3) is 5.57 Å². The number of hydrogen-bond acceptors (Lipinski definition) is 3. The number of Topliss-reactive ketones (excluding diaryl/α,β-unsaturated/α-hetero) is 1. The average molecular weight is 400 g/mol. The van der Waals surface area contributed by atoms with Crippen molar-refractivity contribution in [2.75, 3.05) is 0 Å². The highest BCUT2D eigenvalue weighted by atomic mass is 127. The molecule has 0 radical (unpaired) electrons. The summed E-state index contributed by atoms with van der Waals surface area (Å²) in [6, 6.07) is 8.36. The number of rotatable bonds is 3. The van der Waals surface area contributed by atoms with E-state index >= 15 is 0 Å². The topological polar surface area (TPSA) is 37.3 Å². The van der Waals surface area contributed by atoms with E-state index in [1.165, 1.54) is 9.14 Å². The van der Waals surface area contributed by atoms with E-state index in [0.717, 1.165) is 24.0 Å². The molecule has 0 amide bonds. The van der Waals surface area contributed by atoms with Gasteiger partial charge in [-0.15, -0.1) is 11.8 Å². The van der Waals surface area contributed by atoms with Crippen LogP contribution in [0.5, 0.6) is 0 Å². The maximum absolute atomic E-state index is 12.4. The molecule has 0 aliphatic carbocycles. The average Bonchev–Trinajstić information content (AvgIpc) is 2.74. The fourth-order valence-electron chi connectivity index (χ4n) is 3.09. The van der Waals surface area contributed by atoms with Crippen molar-refractivity contribution in [2.45, 2.75) is 42.8 Å². The van der Waals surface area contributed by atoms with Crippen molar-refractivity contribution in [3.63, 3.8) is 0 Å². The number of halogens is 1. The van der Waals surface area contributed by atoms with Crippen LogP contribution in [0.2, 0.25) is 0 Å². The summed E-state index contributed by atoms with van der Waals surface area (Å²) >= 11 is 4.07. The van der Waals surface area contributed by atoms with E-state index < -0.39 is 0 Å². The van der Waals surface area contributed by atoms with Gasteiger partial charge in [-0.25, -0.2) is 0 Å². The first-order chi connectivity index (χ1) is 9.60. The summed E-state index contributed by atoms with van der Waals surface area (Å²) < 4.78 is 1.20. The van der Waals surface area contributed by atoms with Crippen molar-refractivity contribution in [1.82, 2.24) is 0 Å². The normalized spacial score (nSPS) is 28.9. The molecular formula is C16H17IO2S. The third kappa shape index (κ3) is 2.57. The number of aliphatic hydroxyl groups is 1. The Kier molecular flexibility index (Phi) is 4.24. The molecule has 2 aliphatic rings. The second-order valence-electron chi connectivity index (χ2n) is 5.36. The van der Waals surface area contributed by atoms with Crippen LogP contribution in [0.1, 0.15) is 31.7 Å². The van der Waals surface area contributed by atoms with Gasteiger partial charge >= 0.3 is 0 Å². The number of carbonyl (C=O) groups is 1. The Hall–Kier alpha value is -0.330. The van der Waals surface area contributed by atoms with Crippen LogP contribution in [-0.4, -0.2) is 27.5 Å². The van der Waals surface area contributed by atoms with Gasteiger partial charge in [0.1, 0.15) is 0 Å². The van der Waals surface area contributed by atoms with Crippen molar-refractivity contribution < 1.29 is 9.90 Å². The molecule has 1 aromatic rings. The Morgan fingerprint density at radius 1 is 1.40 bits per heavy atom. The van der Waals surface area contributed by atoms with Gasteiger partial charge in [-0.3, -0.25) is 4.79 Å². The zero-order valence-corrected chi connectivity index (χ0v) is 14.3. The molecule has 1 saturated heterocycles. The molecule has 20 heavy (non-hydrogen) atoms. The molecular weight excluding hydrogens is 383 g/mol. The fraction of sp³-hybridized carbons (Fsp3) is 0.438. The molecule has 0 spiro atoms. The summed E-state index contributed by atoms with van der Waals surface area (Å²) in [5, 5.41) is 10.7. The molecule has 3 rings (SSSR count). The fourth-order valence-corrected chi connectivity index (χ4v) is 5.14. The van der Waals surface area contributed by atoms with E-state index in [-0.39, 0.29) is 17.1 Å². The van der Waals surface area contributed by atoms with Crippen molar-refractivity contribution >= 4 is 45.7 Å². The Morgan fingerprint density at radius 2 is 2.10 bits per heavy atom. The van der Waals surface area contributed by atoms with Gasteiger partial charge < -0.3 is 5.11 Å². The number of ketones is 1. The van der Waals surface area contributed by atoms with E-state index in [0.29, 0.717) is 11.7 Å². The van der Waals surface area contributed by atoms with Crippen molar-refractivity contribution in [1.29, 1.82) is 0 Å². The smallest absolute Gasteiger partial charge is 0.160 e. The Labute approximate surface area is 137 Å². The molecule has 2 heterocycles. The number of carbonyl (C=O) groups excluding carboxylic acids is 1. The standard InChI is InChI=1S/C16H17IO2S/c1-2-13(18)15-12(9-3-5-10(17)6-4-9)7-11-8-14(19)16(15)20-11/h3-6,11,14,16,19H,2,7-8H2,1H3. The minimum absolute atomic E-state index is 0.0181. The lowest BCUT2D eigenvalue weighted by atomic mass is 9.91. The maximum atomic E-state index is 12.4. The highest BCUT2D eigenvalue weighted by molar-refractivity contribution is 14.1. The maximum Gasteiger partial charge on any atom is 0.160 e. The Bertz CT molecular complexity index is 564. The minimum atomic E-state index is -0.364. The number of allylic oxidation sites excluding steroid dienone is 1. The molecule has 0 aromatic heterocycles. The van der Waals surface area contributed by atoms with Crippen LogP contribution < -0.4 is 0 Å². The first kappa shape index (κ1) is 14.6. The first-order valence-corrected chi connectivity index (χ1v) is 8.98. The molecule has 2 bridgehead atoms. The Morgan fingerprint density at radius 3 is 2.75 bits per heavy atom. The zero-order valence-electron chi connectivity index (χ0n) is 11.3. The summed E-state index contributed by atoms with van der Waals surface area (Å²) in [6.07, 6.45) is 1.86.